The summed E-state index contributed by atoms with van der Waals surface area (Å²) in [7, 11) is -1.74. The maximum Gasteiger partial charge on any atom is 0.464 e. The summed E-state index contributed by atoms with van der Waals surface area (Å²) in [6.07, 6.45) is 3.00. The first kappa shape index (κ1) is 14.5. The van der Waals surface area contributed by atoms with E-state index in [0.29, 0.717) is 6.61 Å². The van der Waals surface area contributed by atoms with Gasteiger partial charge in [-0.05, 0) is 32.9 Å². The number of nitrogens with zero attached hydrogens (tertiary/aromatic N) is 2. The number of allylic oxidation sites excluding steroid dienone is 4. The van der Waals surface area contributed by atoms with Gasteiger partial charge >= 0.3 is 8.60 Å². The Bertz CT molecular complexity index is 320. The molecular formula is C10H13N2O3P. The van der Waals surface area contributed by atoms with Gasteiger partial charge in [-0.1, -0.05) is 0 Å². The molecule has 0 radical (unpaired) electrons. The lowest BCUT2D eigenvalue weighted by molar-refractivity contribution is 0.232. The second kappa shape index (κ2) is 8.73. The lowest BCUT2D eigenvalue weighted by Gasteiger charge is -2.14. The van der Waals surface area contributed by atoms with Gasteiger partial charge in [-0.25, -0.2) is 0 Å². The Morgan fingerprint density at radius 3 is 1.81 bits per heavy atom. The van der Waals surface area contributed by atoms with E-state index in [2.05, 4.69) is 0 Å². The molecule has 0 heterocycles. The van der Waals surface area contributed by atoms with Crippen LogP contribution in [-0.2, 0) is 13.6 Å². The Balaban J connectivity index is 4.52. The van der Waals surface area contributed by atoms with Crippen molar-refractivity contribution in [2.45, 2.75) is 20.8 Å². The van der Waals surface area contributed by atoms with E-state index >= 15 is 0 Å². The molecule has 6 heteroatoms. The third-order valence-corrected chi connectivity index (χ3v) is 2.49. The molecule has 0 spiro atoms. The van der Waals surface area contributed by atoms with Crippen molar-refractivity contribution >= 4 is 8.60 Å². The van der Waals surface area contributed by atoms with E-state index in [9.17, 15) is 0 Å². The molecule has 0 aliphatic rings. The van der Waals surface area contributed by atoms with Crippen molar-refractivity contribution in [3.8, 4) is 12.1 Å². The Labute approximate surface area is 96.5 Å². The fraction of sp³-hybridized carbons (Fsp3) is 0.400. The second-order valence-corrected chi connectivity index (χ2v) is 3.42. The molecule has 0 rings (SSSR count). The molecule has 16 heavy (non-hydrogen) atoms. The van der Waals surface area contributed by atoms with Crippen LogP contribution in [0.3, 0.4) is 0 Å². The topological polar surface area (TPSA) is 75.3 Å². The molecule has 0 fully saturated rings. The van der Waals surface area contributed by atoms with Crippen LogP contribution in [0, 0.1) is 22.7 Å². The summed E-state index contributed by atoms with van der Waals surface area (Å²) in [5.41, 5.74) is 0. The van der Waals surface area contributed by atoms with Gasteiger partial charge < -0.3 is 9.05 Å². The Kier molecular flexibility index (Phi) is 7.89. The maximum atomic E-state index is 8.67. The Morgan fingerprint density at radius 2 is 1.56 bits per heavy atom. The summed E-state index contributed by atoms with van der Waals surface area (Å²) in [5.74, 6) is 0.209. The zero-order chi connectivity index (χ0) is 12.4. The predicted molar refractivity (Wildman–Crippen MR) is 59.5 cm³/mol. The van der Waals surface area contributed by atoms with Gasteiger partial charge in [0.1, 0.15) is 12.1 Å². The molecule has 86 valence electrons. The van der Waals surface area contributed by atoms with Crippen LogP contribution in [0.1, 0.15) is 20.8 Å². The zero-order valence-corrected chi connectivity index (χ0v) is 10.3. The summed E-state index contributed by atoms with van der Waals surface area (Å²) in [4.78, 5) is 0. The van der Waals surface area contributed by atoms with Crippen LogP contribution in [0.15, 0.2) is 23.7 Å². The normalized spacial score (nSPS) is 13.6. The Hall–Kier alpha value is -1.55. The van der Waals surface area contributed by atoms with Gasteiger partial charge in [-0.15, -0.1) is 0 Å². The van der Waals surface area contributed by atoms with Crippen LogP contribution in [0.2, 0.25) is 0 Å². The van der Waals surface area contributed by atoms with Crippen molar-refractivity contribution in [2.24, 2.45) is 0 Å². The molecule has 0 aliphatic heterocycles. The first-order valence-corrected chi connectivity index (χ1v) is 5.73. The van der Waals surface area contributed by atoms with E-state index in [1.54, 1.807) is 20.8 Å². The fourth-order valence-electron chi connectivity index (χ4n) is 0.613. The van der Waals surface area contributed by atoms with Crippen molar-refractivity contribution in [1.82, 2.24) is 0 Å². The van der Waals surface area contributed by atoms with Crippen LogP contribution in [-0.4, -0.2) is 6.61 Å². The van der Waals surface area contributed by atoms with Crippen LogP contribution >= 0.6 is 8.60 Å². The van der Waals surface area contributed by atoms with E-state index in [1.165, 1.54) is 12.2 Å². The highest BCUT2D eigenvalue weighted by molar-refractivity contribution is 7.42. The standard InChI is InChI=1S/C10H13N2O3P/c1-4-9(7-11)14-16(13-6-3)15-10(5-2)8-12/h4-5H,6H2,1-3H3/b9-4+,10-5+. The second-order valence-electron chi connectivity index (χ2n) is 2.35. The van der Waals surface area contributed by atoms with Crippen LogP contribution in [0.25, 0.3) is 0 Å². The zero-order valence-electron chi connectivity index (χ0n) is 9.43. The van der Waals surface area contributed by atoms with Gasteiger partial charge in [0.15, 0.2) is 0 Å². The van der Waals surface area contributed by atoms with E-state index < -0.39 is 8.60 Å². The molecule has 0 aromatic carbocycles. The summed E-state index contributed by atoms with van der Waals surface area (Å²) < 4.78 is 15.5. The molecule has 0 aliphatic carbocycles. The van der Waals surface area contributed by atoms with E-state index in [-0.39, 0.29) is 11.5 Å². The molecule has 0 amide bonds. The summed E-state index contributed by atoms with van der Waals surface area (Å²) in [6.45, 7) is 5.47. The highest BCUT2D eigenvalue weighted by atomic mass is 31.2. The van der Waals surface area contributed by atoms with Crippen molar-refractivity contribution in [2.75, 3.05) is 6.61 Å². The molecule has 0 bridgehead atoms. The SMILES string of the molecule is C/C=C(\C#N)OP(OCC)O/C(C#N)=C/C. The van der Waals surface area contributed by atoms with Crippen molar-refractivity contribution < 1.29 is 13.6 Å². The number of nitriles is 2. The van der Waals surface area contributed by atoms with Gasteiger partial charge in [-0.2, -0.15) is 10.5 Å². The van der Waals surface area contributed by atoms with Gasteiger partial charge in [0.2, 0.25) is 11.5 Å². The minimum atomic E-state index is -1.74. The third kappa shape index (κ3) is 5.36. The van der Waals surface area contributed by atoms with Crippen molar-refractivity contribution in [1.29, 1.82) is 10.5 Å². The average molecular weight is 240 g/mol. The molecule has 0 unspecified atom stereocenters. The van der Waals surface area contributed by atoms with Gasteiger partial charge in [-0.3, -0.25) is 4.52 Å². The van der Waals surface area contributed by atoms with Crippen LogP contribution in [0.4, 0.5) is 0 Å². The molecular weight excluding hydrogens is 227 g/mol. The highest BCUT2D eigenvalue weighted by Gasteiger charge is 2.18. The summed E-state index contributed by atoms with van der Waals surface area (Å²) >= 11 is 0. The maximum absolute atomic E-state index is 8.67. The Morgan fingerprint density at radius 1 is 1.12 bits per heavy atom. The molecule has 0 saturated heterocycles. The predicted octanol–water partition coefficient (Wildman–Crippen LogP) is 3.14. The quantitative estimate of drug-likeness (QED) is 0.405. The molecule has 0 saturated carbocycles. The van der Waals surface area contributed by atoms with Gasteiger partial charge in [0, 0.05) is 0 Å². The molecule has 0 aromatic rings. The van der Waals surface area contributed by atoms with Crippen molar-refractivity contribution in [3.05, 3.63) is 23.7 Å². The highest BCUT2D eigenvalue weighted by Crippen LogP contribution is 2.43. The van der Waals surface area contributed by atoms with E-state index in [0.717, 1.165) is 0 Å². The largest absolute Gasteiger partial charge is 0.464 e. The van der Waals surface area contributed by atoms with Crippen molar-refractivity contribution in [3.63, 3.8) is 0 Å². The smallest absolute Gasteiger partial charge is 0.407 e. The minimum Gasteiger partial charge on any atom is -0.407 e. The fourth-order valence-corrected chi connectivity index (χ4v) is 1.58. The summed E-state index contributed by atoms with van der Waals surface area (Å²) in [5, 5.41) is 17.3. The summed E-state index contributed by atoms with van der Waals surface area (Å²) in [6, 6.07) is 3.69. The van der Waals surface area contributed by atoms with Gasteiger partial charge in [0.05, 0.1) is 6.61 Å². The van der Waals surface area contributed by atoms with Crippen LogP contribution < -0.4 is 0 Å². The van der Waals surface area contributed by atoms with E-state index in [4.69, 9.17) is 24.1 Å². The minimum absolute atomic E-state index is 0.105. The lowest BCUT2D eigenvalue weighted by Crippen LogP contribution is -1.94. The molecule has 5 nitrogen and oxygen atoms in total. The number of rotatable bonds is 6. The third-order valence-electron chi connectivity index (χ3n) is 1.33. The monoisotopic (exact) mass is 240 g/mol. The molecule has 0 atom stereocenters. The first-order valence-electron chi connectivity index (χ1n) is 4.63. The first-order chi connectivity index (χ1) is 7.71. The lowest BCUT2D eigenvalue weighted by atomic mass is 10.5. The number of hydrogen-bond acceptors (Lipinski definition) is 5. The van der Waals surface area contributed by atoms with Crippen LogP contribution in [0.5, 0.6) is 0 Å². The molecule has 0 aromatic heterocycles. The number of hydrogen-bond donors (Lipinski definition) is 0. The van der Waals surface area contributed by atoms with Gasteiger partial charge in [0.25, 0.3) is 0 Å². The average Bonchev–Trinajstić information content (AvgIpc) is 2.32. The molecule has 0 N–H and O–H groups in total. The van der Waals surface area contributed by atoms with E-state index in [1.807, 2.05) is 12.1 Å².